The maximum atomic E-state index is 12.7. The minimum Gasteiger partial charge on any atom is -0.351 e. The minimum atomic E-state index is -0.358. The fraction of sp³-hybridized carbons (Fsp3) is 0.286. The summed E-state index contributed by atoms with van der Waals surface area (Å²) in [5, 5.41) is 2.99. The molecule has 3 aromatic rings. The molecule has 0 spiro atoms. The van der Waals surface area contributed by atoms with Crippen LogP contribution in [0.4, 0.5) is 0 Å². The Hall–Kier alpha value is -2.95. The third kappa shape index (κ3) is 2.90. The summed E-state index contributed by atoms with van der Waals surface area (Å²) in [5.41, 5.74) is 1.48. The van der Waals surface area contributed by atoms with Crippen molar-refractivity contribution >= 4 is 11.6 Å². The number of pyridine rings is 1. The third-order valence-electron chi connectivity index (χ3n) is 5.39. The number of hydrogen-bond acceptors (Lipinski definition) is 3. The highest BCUT2D eigenvalue weighted by Gasteiger charge is 2.36. The fourth-order valence-corrected chi connectivity index (χ4v) is 3.94. The van der Waals surface area contributed by atoms with Gasteiger partial charge in [0.25, 0.3) is 11.5 Å². The largest absolute Gasteiger partial charge is 0.351 e. The van der Waals surface area contributed by atoms with Gasteiger partial charge in [0.05, 0.1) is 0 Å². The summed E-state index contributed by atoms with van der Waals surface area (Å²) >= 11 is 0. The van der Waals surface area contributed by atoms with Crippen molar-refractivity contribution < 1.29 is 4.79 Å². The van der Waals surface area contributed by atoms with Crippen LogP contribution < -0.4 is 10.9 Å². The zero-order valence-electron chi connectivity index (χ0n) is 14.5. The Morgan fingerprint density at radius 1 is 1.08 bits per heavy atom. The summed E-state index contributed by atoms with van der Waals surface area (Å²) < 4.78 is 1.40. The molecule has 1 saturated carbocycles. The average molecular weight is 347 g/mol. The van der Waals surface area contributed by atoms with E-state index in [-0.39, 0.29) is 22.4 Å². The molecule has 1 aliphatic carbocycles. The molecule has 0 aliphatic heterocycles. The summed E-state index contributed by atoms with van der Waals surface area (Å²) in [7, 11) is 0. The lowest BCUT2D eigenvalue weighted by atomic mass is 9.79. The summed E-state index contributed by atoms with van der Waals surface area (Å²) in [6.07, 6.45) is 7.41. The Morgan fingerprint density at radius 2 is 1.81 bits per heavy atom. The number of fused-ring (bicyclic) bond motifs is 1. The van der Waals surface area contributed by atoms with Crippen LogP contribution in [0.2, 0.25) is 0 Å². The van der Waals surface area contributed by atoms with Crippen molar-refractivity contribution in [2.24, 2.45) is 0 Å². The molecule has 2 aromatic heterocycles. The average Bonchev–Trinajstić information content (AvgIpc) is 3.18. The molecule has 1 N–H and O–H groups in total. The van der Waals surface area contributed by atoms with Gasteiger partial charge in [-0.25, -0.2) is 4.98 Å². The number of amides is 1. The molecule has 1 amide bonds. The molecule has 2 heterocycles. The third-order valence-corrected chi connectivity index (χ3v) is 5.39. The Bertz CT molecular complexity index is 989. The Morgan fingerprint density at radius 3 is 2.58 bits per heavy atom. The van der Waals surface area contributed by atoms with Crippen LogP contribution in [0.1, 0.15) is 41.6 Å². The second-order valence-corrected chi connectivity index (χ2v) is 6.94. The van der Waals surface area contributed by atoms with E-state index in [1.807, 2.05) is 24.3 Å². The van der Waals surface area contributed by atoms with E-state index in [0.717, 1.165) is 25.7 Å². The lowest BCUT2D eigenvalue weighted by molar-refractivity contribution is 0.0941. The Kier molecular flexibility index (Phi) is 4.29. The zero-order chi connectivity index (χ0) is 18.0. The highest BCUT2D eigenvalue weighted by molar-refractivity contribution is 5.93. The first-order valence-corrected chi connectivity index (χ1v) is 9.00. The molecule has 4 rings (SSSR count). The van der Waals surface area contributed by atoms with E-state index in [2.05, 4.69) is 22.4 Å². The molecule has 132 valence electrons. The van der Waals surface area contributed by atoms with Gasteiger partial charge >= 0.3 is 0 Å². The van der Waals surface area contributed by atoms with Gasteiger partial charge < -0.3 is 5.32 Å². The quantitative estimate of drug-likeness (QED) is 0.789. The van der Waals surface area contributed by atoms with Crippen LogP contribution in [0.15, 0.2) is 65.7 Å². The van der Waals surface area contributed by atoms with Crippen LogP contribution in [0.3, 0.4) is 0 Å². The summed E-state index contributed by atoms with van der Waals surface area (Å²) in [4.78, 5) is 29.5. The van der Waals surface area contributed by atoms with Crippen molar-refractivity contribution in [3.63, 3.8) is 0 Å². The van der Waals surface area contributed by atoms with Crippen LogP contribution in [-0.2, 0) is 5.41 Å². The van der Waals surface area contributed by atoms with Crippen LogP contribution in [0, 0.1) is 0 Å². The van der Waals surface area contributed by atoms with Gasteiger partial charge in [0.1, 0.15) is 11.2 Å². The molecule has 1 aromatic carbocycles. The molecule has 1 fully saturated rings. The molecule has 1 aliphatic rings. The SMILES string of the molecule is O=C(NCC1(c2ccccc2)CCCC1)c1cnc2ccccn2c1=O. The van der Waals surface area contributed by atoms with Crippen molar-refractivity contribution in [1.29, 1.82) is 0 Å². The molecule has 0 saturated heterocycles. The minimum absolute atomic E-state index is 0.0443. The summed E-state index contributed by atoms with van der Waals surface area (Å²) in [5.74, 6) is -0.358. The molecule has 0 radical (unpaired) electrons. The van der Waals surface area contributed by atoms with E-state index >= 15 is 0 Å². The topological polar surface area (TPSA) is 63.5 Å². The van der Waals surface area contributed by atoms with Crippen LogP contribution in [0.25, 0.3) is 5.65 Å². The van der Waals surface area contributed by atoms with E-state index < -0.39 is 0 Å². The fourth-order valence-electron chi connectivity index (χ4n) is 3.94. The van der Waals surface area contributed by atoms with Gasteiger partial charge in [0.2, 0.25) is 0 Å². The molecular formula is C21H21N3O2. The second kappa shape index (κ2) is 6.75. The first-order valence-electron chi connectivity index (χ1n) is 9.00. The molecule has 5 heteroatoms. The molecule has 5 nitrogen and oxygen atoms in total. The van der Waals surface area contributed by atoms with Crippen molar-refractivity contribution in [3.8, 4) is 0 Å². The molecule has 0 bridgehead atoms. The van der Waals surface area contributed by atoms with Gasteiger partial charge in [-0.2, -0.15) is 0 Å². The van der Waals surface area contributed by atoms with Gasteiger partial charge in [-0.05, 0) is 30.5 Å². The maximum absolute atomic E-state index is 12.7. The number of rotatable bonds is 4. The molecule has 0 unspecified atom stereocenters. The van der Waals surface area contributed by atoms with Crippen molar-refractivity contribution in [3.05, 3.63) is 82.4 Å². The number of benzene rings is 1. The Labute approximate surface area is 151 Å². The van der Waals surface area contributed by atoms with Gasteiger partial charge in [-0.1, -0.05) is 49.2 Å². The van der Waals surface area contributed by atoms with Gasteiger partial charge in [-0.15, -0.1) is 0 Å². The van der Waals surface area contributed by atoms with Crippen LogP contribution in [-0.4, -0.2) is 21.8 Å². The van der Waals surface area contributed by atoms with E-state index in [0.29, 0.717) is 12.2 Å². The van der Waals surface area contributed by atoms with Crippen LogP contribution in [0.5, 0.6) is 0 Å². The number of carbonyl (C=O) groups is 1. The smallest absolute Gasteiger partial charge is 0.270 e. The molecular weight excluding hydrogens is 326 g/mol. The number of nitrogens with zero attached hydrogens (tertiary/aromatic N) is 2. The van der Waals surface area contributed by atoms with Gasteiger partial charge in [0, 0.05) is 24.4 Å². The monoisotopic (exact) mass is 347 g/mol. The normalized spacial score (nSPS) is 15.8. The first-order chi connectivity index (χ1) is 12.7. The summed E-state index contributed by atoms with van der Waals surface area (Å²) in [6.45, 7) is 0.535. The van der Waals surface area contributed by atoms with E-state index in [9.17, 15) is 9.59 Å². The van der Waals surface area contributed by atoms with E-state index in [4.69, 9.17) is 0 Å². The molecule has 26 heavy (non-hydrogen) atoms. The predicted octanol–water partition coefficient (Wildman–Crippen LogP) is 2.94. The van der Waals surface area contributed by atoms with Crippen molar-refractivity contribution in [2.75, 3.05) is 6.54 Å². The Balaban J connectivity index is 1.59. The lowest BCUT2D eigenvalue weighted by Gasteiger charge is -2.30. The number of hydrogen-bond donors (Lipinski definition) is 1. The number of aromatic nitrogens is 2. The first kappa shape index (κ1) is 16.5. The van der Waals surface area contributed by atoms with E-state index in [1.165, 1.54) is 16.2 Å². The van der Waals surface area contributed by atoms with E-state index in [1.54, 1.807) is 18.3 Å². The zero-order valence-corrected chi connectivity index (χ0v) is 14.5. The number of nitrogens with one attached hydrogen (secondary N) is 1. The standard InChI is InChI=1S/C21H21N3O2/c25-19(17-14-22-18-10-4-7-13-24(18)20(17)26)23-15-21(11-5-6-12-21)16-8-2-1-3-9-16/h1-4,7-10,13-14H,5-6,11-12,15H2,(H,23,25). The molecule has 0 atom stereocenters. The second-order valence-electron chi connectivity index (χ2n) is 6.94. The van der Waals surface area contributed by atoms with Gasteiger partial charge in [-0.3, -0.25) is 14.0 Å². The number of carbonyl (C=O) groups excluding carboxylic acids is 1. The highest BCUT2D eigenvalue weighted by atomic mass is 16.2. The summed E-state index contributed by atoms with van der Waals surface area (Å²) in [6, 6.07) is 15.6. The lowest BCUT2D eigenvalue weighted by Crippen LogP contribution is -2.41. The predicted molar refractivity (Wildman–Crippen MR) is 100 cm³/mol. The highest BCUT2D eigenvalue weighted by Crippen LogP contribution is 2.40. The van der Waals surface area contributed by atoms with Gasteiger partial charge in [0.15, 0.2) is 0 Å². The van der Waals surface area contributed by atoms with Crippen molar-refractivity contribution in [2.45, 2.75) is 31.1 Å². The van der Waals surface area contributed by atoms with Crippen LogP contribution >= 0.6 is 0 Å². The maximum Gasteiger partial charge on any atom is 0.270 e. The van der Waals surface area contributed by atoms with Crippen molar-refractivity contribution in [1.82, 2.24) is 14.7 Å².